The molecule has 29 heavy (non-hydrogen) atoms. The van der Waals surface area contributed by atoms with Crippen LogP contribution in [0.15, 0.2) is 36.4 Å². The molecule has 154 valence electrons. The summed E-state index contributed by atoms with van der Waals surface area (Å²) in [5.41, 5.74) is 1.55. The van der Waals surface area contributed by atoms with Gasteiger partial charge in [-0.3, -0.25) is 9.69 Å². The number of carbonyl (C=O) groups excluding carboxylic acids is 1. The average Bonchev–Trinajstić information content (AvgIpc) is 3.07. The molecule has 0 aromatic heterocycles. The maximum atomic E-state index is 14.0. The largest absolute Gasteiger partial charge is 0.454 e. The van der Waals surface area contributed by atoms with Crippen LogP contribution in [-0.4, -0.2) is 48.2 Å². The summed E-state index contributed by atoms with van der Waals surface area (Å²) >= 11 is 6.38. The average molecular weight is 419 g/mol. The summed E-state index contributed by atoms with van der Waals surface area (Å²) < 4.78 is 24.8. The summed E-state index contributed by atoms with van der Waals surface area (Å²) in [6.07, 6.45) is 1.05. The van der Waals surface area contributed by atoms with Gasteiger partial charge in [-0.15, -0.1) is 0 Å². The molecule has 2 aromatic rings. The van der Waals surface area contributed by atoms with E-state index in [0.29, 0.717) is 54.6 Å². The molecule has 2 heterocycles. The third-order valence-electron chi connectivity index (χ3n) is 5.62. The summed E-state index contributed by atoms with van der Waals surface area (Å²) in [6, 6.07) is 10.6. The van der Waals surface area contributed by atoms with Crippen molar-refractivity contribution in [2.75, 3.05) is 26.4 Å². The molecule has 2 aromatic carbocycles. The number of ether oxygens (including phenoxy) is 2. The highest BCUT2D eigenvalue weighted by molar-refractivity contribution is 6.31. The maximum absolute atomic E-state index is 14.0. The molecule has 5 nitrogen and oxygen atoms in total. The van der Waals surface area contributed by atoms with E-state index in [1.165, 1.54) is 6.07 Å². The molecule has 2 aliphatic heterocycles. The number of rotatable bonds is 5. The Morgan fingerprint density at radius 3 is 2.66 bits per heavy atom. The van der Waals surface area contributed by atoms with Crippen LogP contribution < -0.4 is 9.47 Å². The molecule has 0 bridgehead atoms. The second kappa shape index (κ2) is 8.59. The van der Waals surface area contributed by atoms with E-state index in [1.54, 1.807) is 12.1 Å². The first kappa shape index (κ1) is 20.0. The van der Waals surface area contributed by atoms with Crippen molar-refractivity contribution in [2.24, 2.45) is 0 Å². The van der Waals surface area contributed by atoms with Crippen molar-refractivity contribution in [1.29, 1.82) is 0 Å². The topological polar surface area (TPSA) is 42.0 Å². The molecule has 7 heteroatoms. The van der Waals surface area contributed by atoms with E-state index in [2.05, 4.69) is 11.8 Å². The third kappa shape index (κ3) is 4.49. The minimum atomic E-state index is -0.177. The minimum Gasteiger partial charge on any atom is -0.454 e. The van der Waals surface area contributed by atoms with Crippen LogP contribution in [-0.2, 0) is 17.8 Å². The highest BCUT2D eigenvalue weighted by Crippen LogP contribution is 2.37. The van der Waals surface area contributed by atoms with Crippen LogP contribution in [0.3, 0.4) is 0 Å². The fraction of sp³-hybridized carbons (Fsp3) is 0.409. The van der Waals surface area contributed by atoms with Gasteiger partial charge < -0.3 is 14.4 Å². The number of carbonyl (C=O) groups is 1. The Balaban J connectivity index is 1.41. The van der Waals surface area contributed by atoms with Crippen LogP contribution in [0.25, 0.3) is 0 Å². The summed E-state index contributed by atoms with van der Waals surface area (Å²) in [5.74, 6) is 1.21. The third-order valence-corrected chi connectivity index (χ3v) is 5.97. The van der Waals surface area contributed by atoms with Crippen LogP contribution >= 0.6 is 11.6 Å². The molecule has 1 saturated heterocycles. The van der Waals surface area contributed by atoms with Gasteiger partial charge >= 0.3 is 0 Å². The van der Waals surface area contributed by atoms with Crippen molar-refractivity contribution < 1.29 is 18.7 Å². The summed E-state index contributed by atoms with van der Waals surface area (Å²) in [4.78, 5) is 16.8. The Labute approximate surface area is 175 Å². The Morgan fingerprint density at radius 1 is 1.10 bits per heavy atom. The standard InChI is InChI=1S/C22H24ClFN2O3/c1-15(10-16-4-2-3-5-19(16)24)25-7-6-22(27)26(9-8-25)13-17-11-20-21(12-18(17)23)29-14-28-20/h2-5,11-12,15H,6-10,13-14H2,1H3/t15-/m1/s1. The van der Waals surface area contributed by atoms with Gasteiger partial charge in [-0.25, -0.2) is 4.39 Å². The first-order chi connectivity index (χ1) is 14.0. The van der Waals surface area contributed by atoms with Gasteiger partial charge in [-0.05, 0) is 36.6 Å². The molecule has 4 rings (SSSR count). The molecule has 1 atom stereocenters. The van der Waals surface area contributed by atoms with Crippen molar-refractivity contribution in [3.05, 3.63) is 58.4 Å². The van der Waals surface area contributed by atoms with Crippen molar-refractivity contribution >= 4 is 17.5 Å². The monoisotopic (exact) mass is 418 g/mol. The first-order valence-corrected chi connectivity index (χ1v) is 10.2. The van der Waals surface area contributed by atoms with Gasteiger partial charge in [0.05, 0.1) is 0 Å². The van der Waals surface area contributed by atoms with Crippen LogP contribution in [0, 0.1) is 5.82 Å². The van der Waals surface area contributed by atoms with Crippen LogP contribution in [0.4, 0.5) is 4.39 Å². The van der Waals surface area contributed by atoms with Gasteiger partial charge in [0.2, 0.25) is 12.7 Å². The Morgan fingerprint density at radius 2 is 1.86 bits per heavy atom. The van der Waals surface area contributed by atoms with Crippen LogP contribution in [0.5, 0.6) is 11.5 Å². The highest BCUT2D eigenvalue weighted by Gasteiger charge is 2.26. The Bertz CT molecular complexity index is 908. The quantitative estimate of drug-likeness (QED) is 0.739. The molecule has 0 saturated carbocycles. The van der Waals surface area contributed by atoms with Gasteiger partial charge in [0.25, 0.3) is 0 Å². The lowest BCUT2D eigenvalue weighted by molar-refractivity contribution is -0.130. The number of nitrogens with zero attached hydrogens (tertiary/aromatic N) is 2. The first-order valence-electron chi connectivity index (χ1n) is 9.84. The van der Waals surface area contributed by atoms with Gasteiger partial charge in [0, 0.05) is 49.7 Å². The zero-order chi connectivity index (χ0) is 20.4. The second-order valence-corrected chi connectivity index (χ2v) is 7.95. The molecule has 1 fully saturated rings. The van der Waals surface area contributed by atoms with E-state index in [0.717, 1.165) is 12.1 Å². The molecule has 0 aliphatic carbocycles. The molecule has 2 aliphatic rings. The minimum absolute atomic E-state index is 0.0966. The maximum Gasteiger partial charge on any atom is 0.231 e. The normalized spacial score (nSPS) is 18.0. The fourth-order valence-electron chi connectivity index (χ4n) is 3.89. The van der Waals surface area contributed by atoms with E-state index in [-0.39, 0.29) is 24.6 Å². The predicted octanol–water partition coefficient (Wildman–Crippen LogP) is 3.87. The lowest BCUT2D eigenvalue weighted by Crippen LogP contribution is -2.38. The zero-order valence-corrected chi connectivity index (χ0v) is 17.1. The zero-order valence-electron chi connectivity index (χ0n) is 16.4. The van der Waals surface area contributed by atoms with Crippen LogP contribution in [0.2, 0.25) is 5.02 Å². The van der Waals surface area contributed by atoms with Crippen molar-refractivity contribution in [3.63, 3.8) is 0 Å². The van der Waals surface area contributed by atoms with Crippen molar-refractivity contribution in [3.8, 4) is 11.5 Å². The molecule has 0 N–H and O–H groups in total. The SMILES string of the molecule is C[C@H](Cc1ccccc1F)N1CCC(=O)N(Cc2cc3c(cc2Cl)OCO3)CC1. The smallest absolute Gasteiger partial charge is 0.231 e. The number of amides is 1. The molecule has 0 radical (unpaired) electrons. The summed E-state index contributed by atoms with van der Waals surface area (Å²) in [6.45, 7) is 4.71. The van der Waals surface area contributed by atoms with Gasteiger partial charge in [-0.2, -0.15) is 0 Å². The summed E-state index contributed by atoms with van der Waals surface area (Å²) in [5, 5.41) is 0.566. The van der Waals surface area contributed by atoms with E-state index in [1.807, 2.05) is 23.1 Å². The number of fused-ring (bicyclic) bond motifs is 1. The van der Waals surface area contributed by atoms with Gasteiger partial charge in [0.1, 0.15) is 5.82 Å². The van der Waals surface area contributed by atoms with E-state index in [4.69, 9.17) is 21.1 Å². The Hall–Kier alpha value is -2.31. The van der Waals surface area contributed by atoms with E-state index >= 15 is 0 Å². The van der Waals surface area contributed by atoms with Crippen LogP contribution in [0.1, 0.15) is 24.5 Å². The predicted molar refractivity (Wildman–Crippen MR) is 109 cm³/mol. The molecule has 0 spiro atoms. The second-order valence-electron chi connectivity index (χ2n) is 7.54. The fourth-order valence-corrected chi connectivity index (χ4v) is 4.10. The molecular formula is C22H24ClFN2O3. The number of hydrogen-bond acceptors (Lipinski definition) is 4. The Kier molecular flexibility index (Phi) is 5.92. The molecule has 0 unspecified atom stereocenters. The van der Waals surface area contributed by atoms with Crippen molar-refractivity contribution in [1.82, 2.24) is 9.80 Å². The number of hydrogen-bond donors (Lipinski definition) is 0. The number of halogens is 2. The van der Waals surface area contributed by atoms with Crippen molar-refractivity contribution in [2.45, 2.75) is 32.4 Å². The highest BCUT2D eigenvalue weighted by atomic mass is 35.5. The lowest BCUT2D eigenvalue weighted by atomic mass is 10.1. The van der Waals surface area contributed by atoms with Gasteiger partial charge in [-0.1, -0.05) is 29.8 Å². The lowest BCUT2D eigenvalue weighted by Gasteiger charge is -2.28. The van der Waals surface area contributed by atoms with Gasteiger partial charge in [0.15, 0.2) is 11.5 Å². The van der Waals surface area contributed by atoms with E-state index in [9.17, 15) is 9.18 Å². The molecular weight excluding hydrogens is 395 g/mol. The molecule has 1 amide bonds. The van der Waals surface area contributed by atoms with E-state index < -0.39 is 0 Å². The number of benzene rings is 2. The summed E-state index contributed by atoms with van der Waals surface area (Å²) in [7, 11) is 0.